The SMILES string of the molecule is CCOC(=O)C(C)(F)C(F)F. The van der Waals surface area contributed by atoms with Gasteiger partial charge in [0.05, 0.1) is 6.61 Å². The lowest BCUT2D eigenvalue weighted by atomic mass is 10.1. The molecule has 0 N–H and O–H groups in total. The molecule has 0 bridgehead atoms. The van der Waals surface area contributed by atoms with Crippen molar-refractivity contribution in [1.29, 1.82) is 0 Å². The van der Waals surface area contributed by atoms with E-state index in [4.69, 9.17) is 0 Å². The molecule has 0 spiro atoms. The fourth-order valence-electron chi connectivity index (χ4n) is 0.361. The Balaban J connectivity index is 4.18. The summed E-state index contributed by atoms with van der Waals surface area (Å²) in [5.41, 5.74) is -3.18. The lowest BCUT2D eigenvalue weighted by Gasteiger charge is -2.16. The van der Waals surface area contributed by atoms with E-state index in [1.54, 1.807) is 0 Å². The van der Waals surface area contributed by atoms with E-state index in [-0.39, 0.29) is 6.61 Å². The van der Waals surface area contributed by atoms with Crippen LogP contribution in [0.4, 0.5) is 13.2 Å². The number of esters is 1. The van der Waals surface area contributed by atoms with Crippen molar-refractivity contribution in [3.05, 3.63) is 0 Å². The van der Waals surface area contributed by atoms with Gasteiger partial charge in [-0.25, -0.2) is 18.0 Å². The summed E-state index contributed by atoms with van der Waals surface area (Å²) < 4.78 is 40.1. The number of alkyl halides is 3. The second kappa shape index (κ2) is 3.59. The molecule has 0 aromatic rings. The molecular weight excluding hydrogens is 161 g/mol. The monoisotopic (exact) mass is 170 g/mol. The van der Waals surface area contributed by atoms with Crippen LogP contribution in [0.15, 0.2) is 0 Å². The maximum Gasteiger partial charge on any atom is 0.349 e. The van der Waals surface area contributed by atoms with Gasteiger partial charge >= 0.3 is 5.97 Å². The number of halogens is 3. The molecule has 0 aromatic carbocycles. The van der Waals surface area contributed by atoms with Gasteiger partial charge in [0.2, 0.25) is 0 Å². The zero-order valence-electron chi connectivity index (χ0n) is 6.23. The standard InChI is InChI=1S/C6H9F3O2/c1-3-11-5(10)6(2,9)4(7)8/h4H,3H2,1-2H3. The lowest BCUT2D eigenvalue weighted by molar-refractivity contribution is -0.166. The third-order valence-corrected chi connectivity index (χ3v) is 1.08. The molecule has 0 aliphatic carbocycles. The summed E-state index contributed by atoms with van der Waals surface area (Å²) in [4.78, 5) is 10.4. The Morgan fingerprint density at radius 1 is 1.64 bits per heavy atom. The summed E-state index contributed by atoms with van der Waals surface area (Å²) in [7, 11) is 0. The summed E-state index contributed by atoms with van der Waals surface area (Å²) >= 11 is 0. The second-order valence-electron chi connectivity index (χ2n) is 2.10. The fraction of sp³-hybridized carbons (Fsp3) is 0.833. The highest BCUT2D eigenvalue weighted by Gasteiger charge is 2.44. The van der Waals surface area contributed by atoms with Crippen molar-refractivity contribution >= 4 is 5.97 Å². The Kier molecular flexibility index (Phi) is 3.35. The molecule has 0 radical (unpaired) electrons. The summed E-state index contributed by atoms with van der Waals surface area (Å²) in [6.45, 7) is 1.81. The molecule has 1 unspecified atom stereocenters. The predicted molar refractivity (Wildman–Crippen MR) is 32.1 cm³/mol. The van der Waals surface area contributed by atoms with Gasteiger partial charge < -0.3 is 4.74 Å². The largest absolute Gasteiger partial charge is 0.463 e. The van der Waals surface area contributed by atoms with Crippen LogP contribution in [0.25, 0.3) is 0 Å². The topological polar surface area (TPSA) is 26.3 Å². The Hall–Kier alpha value is -0.740. The molecular formula is C6H9F3O2. The van der Waals surface area contributed by atoms with Gasteiger partial charge in [-0.1, -0.05) is 0 Å². The van der Waals surface area contributed by atoms with E-state index in [0.717, 1.165) is 0 Å². The van der Waals surface area contributed by atoms with Crippen LogP contribution in [0, 0.1) is 0 Å². The van der Waals surface area contributed by atoms with Gasteiger partial charge in [-0.15, -0.1) is 0 Å². The Morgan fingerprint density at radius 3 is 2.36 bits per heavy atom. The first kappa shape index (κ1) is 10.3. The van der Waals surface area contributed by atoms with E-state index in [2.05, 4.69) is 4.74 Å². The Labute approximate surface area is 62.3 Å². The van der Waals surface area contributed by atoms with Crippen molar-refractivity contribution in [2.24, 2.45) is 0 Å². The van der Waals surface area contributed by atoms with E-state index in [1.807, 2.05) is 0 Å². The number of hydrogen-bond donors (Lipinski definition) is 0. The van der Waals surface area contributed by atoms with Gasteiger partial charge in [-0.2, -0.15) is 0 Å². The number of hydrogen-bond acceptors (Lipinski definition) is 2. The number of rotatable bonds is 3. The van der Waals surface area contributed by atoms with Gasteiger partial charge in [-0.3, -0.25) is 0 Å². The van der Waals surface area contributed by atoms with Crippen molar-refractivity contribution < 1.29 is 22.7 Å². The quantitative estimate of drug-likeness (QED) is 0.600. The zero-order chi connectivity index (χ0) is 9.07. The molecule has 0 aliphatic heterocycles. The molecule has 5 heteroatoms. The van der Waals surface area contributed by atoms with Crippen LogP contribution in [-0.4, -0.2) is 24.7 Å². The van der Waals surface area contributed by atoms with Crippen molar-refractivity contribution in [2.75, 3.05) is 6.61 Å². The first-order valence-electron chi connectivity index (χ1n) is 3.07. The van der Waals surface area contributed by atoms with Crippen LogP contribution in [0.5, 0.6) is 0 Å². The first-order chi connectivity index (χ1) is 4.92. The highest BCUT2D eigenvalue weighted by molar-refractivity contribution is 5.79. The molecule has 2 nitrogen and oxygen atoms in total. The zero-order valence-corrected chi connectivity index (χ0v) is 6.23. The number of carbonyl (C=O) groups excluding carboxylic acids is 1. The second-order valence-corrected chi connectivity index (χ2v) is 2.10. The summed E-state index contributed by atoms with van der Waals surface area (Å²) in [5, 5.41) is 0. The van der Waals surface area contributed by atoms with E-state index >= 15 is 0 Å². The van der Waals surface area contributed by atoms with E-state index in [1.165, 1.54) is 6.92 Å². The van der Waals surface area contributed by atoms with Crippen molar-refractivity contribution in [1.82, 2.24) is 0 Å². The molecule has 0 heterocycles. The van der Waals surface area contributed by atoms with Crippen LogP contribution in [-0.2, 0) is 9.53 Å². The van der Waals surface area contributed by atoms with Gasteiger partial charge in [0.25, 0.3) is 12.1 Å². The molecule has 0 amide bonds. The van der Waals surface area contributed by atoms with E-state index < -0.39 is 18.1 Å². The minimum atomic E-state index is -3.35. The maximum atomic E-state index is 12.6. The summed E-state index contributed by atoms with van der Waals surface area (Å²) in [5.74, 6) is -1.52. The first-order valence-corrected chi connectivity index (χ1v) is 3.07. The minimum Gasteiger partial charge on any atom is -0.463 e. The average Bonchev–Trinajstić information content (AvgIpc) is 1.88. The van der Waals surface area contributed by atoms with E-state index in [0.29, 0.717) is 6.92 Å². The van der Waals surface area contributed by atoms with Crippen LogP contribution in [0.3, 0.4) is 0 Å². The molecule has 0 saturated carbocycles. The molecule has 11 heavy (non-hydrogen) atoms. The Morgan fingerprint density at radius 2 is 2.09 bits per heavy atom. The molecule has 0 rings (SSSR count). The van der Waals surface area contributed by atoms with Gasteiger partial charge in [0.15, 0.2) is 0 Å². The normalized spacial score (nSPS) is 16.2. The molecule has 66 valence electrons. The third-order valence-electron chi connectivity index (χ3n) is 1.08. The molecule has 0 aromatic heterocycles. The van der Waals surface area contributed by atoms with Crippen LogP contribution in [0.2, 0.25) is 0 Å². The molecule has 0 fully saturated rings. The van der Waals surface area contributed by atoms with Crippen LogP contribution < -0.4 is 0 Å². The average molecular weight is 170 g/mol. The third kappa shape index (κ3) is 2.40. The molecule has 0 saturated heterocycles. The van der Waals surface area contributed by atoms with Crippen LogP contribution >= 0.6 is 0 Å². The molecule has 1 atom stereocenters. The minimum absolute atomic E-state index is 0.106. The van der Waals surface area contributed by atoms with Gasteiger partial charge in [0.1, 0.15) is 0 Å². The molecule has 0 aliphatic rings. The fourth-order valence-corrected chi connectivity index (χ4v) is 0.361. The highest BCUT2D eigenvalue weighted by Crippen LogP contribution is 2.21. The van der Waals surface area contributed by atoms with E-state index in [9.17, 15) is 18.0 Å². The van der Waals surface area contributed by atoms with Crippen molar-refractivity contribution in [2.45, 2.75) is 25.9 Å². The maximum absolute atomic E-state index is 12.6. The predicted octanol–water partition coefficient (Wildman–Crippen LogP) is 1.54. The summed E-state index contributed by atoms with van der Waals surface area (Å²) in [6.07, 6.45) is -3.35. The van der Waals surface area contributed by atoms with Crippen molar-refractivity contribution in [3.8, 4) is 0 Å². The highest BCUT2D eigenvalue weighted by atomic mass is 19.3. The lowest BCUT2D eigenvalue weighted by Crippen LogP contribution is -2.39. The number of ether oxygens (including phenoxy) is 1. The Bertz CT molecular complexity index is 145. The van der Waals surface area contributed by atoms with Crippen LogP contribution in [0.1, 0.15) is 13.8 Å². The van der Waals surface area contributed by atoms with Gasteiger partial charge in [0, 0.05) is 0 Å². The van der Waals surface area contributed by atoms with Gasteiger partial charge in [-0.05, 0) is 13.8 Å². The smallest absolute Gasteiger partial charge is 0.349 e. The summed E-state index contributed by atoms with van der Waals surface area (Å²) in [6, 6.07) is 0. The van der Waals surface area contributed by atoms with Crippen molar-refractivity contribution in [3.63, 3.8) is 0 Å². The number of carbonyl (C=O) groups is 1.